The number of aryl methyl sites for hydroxylation is 2. The van der Waals surface area contributed by atoms with Gasteiger partial charge in [-0.25, -0.2) is 15.0 Å². The fourth-order valence-corrected chi connectivity index (χ4v) is 3.31. The second kappa shape index (κ2) is 8.11. The van der Waals surface area contributed by atoms with Gasteiger partial charge in [-0.15, -0.1) is 11.3 Å². The lowest BCUT2D eigenvalue weighted by Crippen LogP contribution is -2.38. The van der Waals surface area contributed by atoms with Gasteiger partial charge in [-0.05, 0) is 26.0 Å². The molecule has 0 bridgehead atoms. The minimum atomic E-state index is 0.538. The molecular weight excluding hydrogens is 332 g/mol. The number of guanidine groups is 1. The van der Waals surface area contributed by atoms with Crippen LogP contribution < -0.4 is 10.6 Å². The summed E-state index contributed by atoms with van der Waals surface area (Å²) in [6, 6.07) is 8.15. The summed E-state index contributed by atoms with van der Waals surface area (Å²) in [5, 5.41) is 9.87. The summed E-state index contributed by atoms with van der Waals surface area (Å²) in [5.41, 5.74) is 3.26. The van der Waals surface area contributed by atoms with Crippen molar-refractivity contribution in [3.05, 3.63) is 46.2 Å². The highest BCUT2D eigenvalue weighted by Crippen LogP contribution is 2.14. The molecule has 6 nitrogen and oxygen atoms in total. The van der Waals surface area contributed by atoms with Gasteiger partial charge in [-0.3, -0.25) is 0 Å². The van der Waals surface area contributed by atoms with Crippen molar-refractivity contribution in [1.29, 1.82) is 0 Å². The average molecular weight is 356 g/mol. The maximum Gasteiger partial charge on any atom is 0.191 e. The molecule has 2 N–H and O–H groups in total. The predicted molar refractivity (Wildman–Crippen MR) is 104 cm³/mol. The van der Waals surface area contributed by atoms with Crippen molar-refractivity contribution in [2.75, 3.05) is 13.1 Å². The highest BCUT2D eigenvalue weighted by atomic mass is 32.1. The third-order valence-electron chi connectivity index (χ3n) is 3.94. The van der Waals surface area contributed by atoms with Crippen molar-refractivity contribution >= 4 is 28.3 Å². The van der Waals surface area contributed by atoms with E-state index in [0.717, 1.165) is 53.0 Å². The molecular formula is C18H24N6S. The molecule has 132 valence electrons. The predicted octanol–water partition coefficient (Wildman–Crippen LogP) is 2.64. The minimum absolute atomic E-state index is 0.538. The summed E-state index contributed by atoms with van der Waals surface area (Å²) in [6.07, 6.45) is 0.890. The molecule has 0 spiro atoms. The van der Waals surface area contributed by atoms with Gasteiger partial charge in [0, 0.05) is 31.9 Å². The SMILES string of the molecule is CCNC(=NCc1nc2ccccc2n1C)NCCc1csc(C)n1. The topological polar surface area (TPSA) is 67.1 Å². The van der Waals surface area contributed by atoms with E-state index in [2.05, 4.69) is 48.5 Å². The Balaban J connectivity index is 1.63. The van der Waals surface area contributed by atoms with Crippen LogP contribution in [-0.4, -0.2) is 33.6 Å². The van der Waals surface area contributed by atoms with Gasteiger partial charge in [0.1, 0.15) is 12.4 Å². The number of hydrogen-bond acceptors (Lipinski definition) is 4. The van der Waals surface area contributed by atoms with Crippen LogP contribution in [0.15, 0.2) is 34.6 Å². The Kier molecular flexibility index (Phi) is 5.65. The van der Waals surface area contributed by atoms with Gasteiger partial charge >= 0.3 is 0 Å². The highest BCUT2D eigenvalue weighted by Gasteiger charge is 2.07. The lowest BCUT2D eigenvalue weighted by atomic mass is 10.3. The summed E-state index contributed by atoms with van der Waals surface area (Å²) >= 11 is 1.69. The number of para-hydroxylation sites is 2. The zero-order valence-electron chi connectivity index (χ0n) is 14.9. The van der Waals surface area contributed by atoms with Crippen LogP contribution in [0.25, 0.3) is 11.0 Å². The molecule has 0 saturated carbocycles. The number of fused-ring (bicyclic) bond motifs is 1. The smallest absolute Gasteiger partial charge is 0.191 e. The molecule has 0 aliphatic heterocycles. The van der Waals surface area contributed by atoms with Crippen LogP contribution >= 0.6 is 11.3 Å². The summed E-state index contributed by atoms with van der Waals surface area (Å²) in [4.78, 5) is 13.8. The monoisotopic (exact) mass is 356 g/mol. The molecule has 0 fully saturated rings. The van der Waals surface area contributed by atoms with Crippen molar-refractivity contribution in [3.63, 3.8) is 0 Å². The molecule has 25 heavy (non-hydrogen) atoms. The van der Waals surface area contributed by atoms with E-state index in [9.17, 15) is 0 Å². The molecule has 1 aromatic carbocycles. The molecule has 0 aliphatic rings. The van der Waals surface area contributed by atoms with E-state index in [1.807, 2.05) is 32.2 Å². The van der Waals surface area contributed by atoms with Gasteiger partial charge in [0.15, 0.2) is 5.96 Å². The second-order valence-corrected chi connectivity index (χ2v) is 6.87. The Labute approximate surface area is 152 Å². The van der Waals surface area contributed by atoms with Crippen LogP contribution in [-0.2, 0) is 20.0 Å². The van der Waals surface area contributed by atoms with Crippen molar-refractivity contribution in [2.45, 2.75) is 26.8 Å². The molecule has 2 aromatic heterocycles. The van der Waals surface area contributed by atoms with E-state index in [4.69, 9.17) is 0 Å². The Morgan fingerprint density at radius 1 is 1.24 bits per heavy atom. The maximum absolute atomic E-state index is 4.67. The minimum Gasteiger partial charge on any atom is -0.357 e. The molecule has 3 aromatic rings. The van der Waals surface area contributed by atoms with Crippen LogP contribution in [0.4, 0.5) is 0 Å². The van der Waals surface area contributed by atoms with Crippen molar-refractivity contribution in [2.24, 2.45) is 12.0 Å². The van der Waals surface area contributed by atoms with Crippen LogP contribution in [0, 0.1) is 6.92 Å². The van der Waals surface area contributed by atoms with Crippen LogP contribution in [0.1, 0.15) is 23.4 Å². The molecule has 0 amide bonds. The average Bonchev–Trinajstić information content (AvgIpc) is 3.16. The van der Waals surface area contributed by atoms with Gasteiger partial charge in [-0.1, -0.05) is 12.1 Å². The van der Waals surface area contributed by atoms with E-state index in [1.54, 1.807) is 11.3 Å². The van der Waals surface area contributed by atoms with E-state index < -0.39 is 0 Å². The molecule has 0 saturated heterocycles. The summed E-state index contributed by atoms with van der Waals surface area (Å²) < 4.78 is 2.10. The molecule has 2 heterocycles. The number of hydrogen-bond donors (Lipinski definition) is 2. The van der Waals surface area contributed by atoms with Crippen molar-refractivity contribution in [3.8, 4) is 0 Å². The standard InChI is InChI=1S/C18H24N6S/c1-4-19-18(20-10-9-14-12-25-13(2)22-14)21-11-17-23-15-7-5-6-8-16(15)24(17)3/h5-8,12H,4,9-11H2,1-3H3,(H2,19,20,21). The molecule has 0 radical (unpaired) electrons. The number of benzene rings is 1. The number of nitrogens with zero attached hydrogens (tertiary/aromatic N) is 4. The fourth-order valence-electron chi connectivity index (χ4n) is 2.66. The van der Waals surface area contributed by atoms with Crippen LogP contribution in [0.5, 0.6) is 0 Å². The Hall–Kier alpha value is -2.41. The highest BCUT2D eigenvalue weighted by molar-refractivity contribution is 7.09. The number of rotatable bonds is 6. The van der Waals surface area contributed by atoms with Gasteiger partial charge < -0.3 is 15.2 Å². The first-order chi connectivity index (χ1) is 12.2. The van der Waals surface area contributed by atoms with Gasteiger partial charge in [-0.2, -0.15) is 0 Å². The zero-order chi connectivity index (χ0) is 17.6. The number of nitrogens with one attached hydrogen (secondary N) is 2. The first-order valence-electron chi connectivity index (χ1n) is 8.51. The molecule has 0 atom stereocenters. The first-order valence-corrected chi connectivity index (χ1v) is 9.39. The number of imidazole rings is 1. The van der Waals surface area contributed by atoms with Crippen molar-refractivity contribution in [1.82, 2.24) is 25.2 Å². The van der Waals surface area contributed by atoms with E-state index in [0.29, 0.717) is 6.54 Å². The largest absolute Gasteiger partial charge is 0.357 e. The third-order valence-corrected chi connectivity index (χ3v) is 4.77. The summed E-state index contributed by atoms with van der Waals surface area (Å²) in [7, 11) is 2.03. The first kappa shape index (κ1) is 17.4. The molecule has 0 aliphatic carbocycles. The van der Waals surface area contributed by atoms with Crippen molar-refractivity contribution < 1.29 is 0 Å². The maximum atomic E-state index is 4.67. The number of thiazole rings is 1. The van der Waals surface area contributed by atoms with Gasteiger partial charge in [0.25, 0.3) is 0 Å². The van der Waals surface area contributed by atoms with E-state index >= 15 is 0 Å². The second-order valence-electron chi connectivity index (χ2n) is 5.81. The molecule has 3 rings (SSSR count). The van der Waals surface area contributed by atoms with E-state index in [-0.39, 0.29) is 0 Å². The lowest BCUT2D eigenvalue weighted by Gasteiger charge is -2.10. The van der Waals surface area contributed by atoms with Gasteiger partial charge in [0.2, 0.25) is 0 Å². The van der Waals surface area contributed by atoms with Gasteiger partial charge in [0.05, 0.1) is 21.7 Å². The van der Waals surface area contributed by atoms with Crippen LogP contribution in [0.3, 0.4) is 0 Å². The Morgan fingerprint density at radius 2 is 2.08 bits per heavy atom. The van der Waals surface area contributed by atoms with E-state index in [1.165, 1.54) is 0 Å². The molecule has 0 unspecified atom stereocenters. The Bertz CT molecular complexity index is 863. The molecule has 7 heteroatoms. The summed E-state index contributed by atoms with van der Waals surface area (Å²) in [5.74, 6) is 1.76. The third kappa shape index (κ3) is 4.36. The quantitative estimate of drug-likeness (QED) is 0.526. The fraction of sp³-hybridized carbons (Fsp3) is 0.389. The number of aliphatic imine (C=N–C) groups is 1. The Morgan fingerprint density at radius 3 is 2.80 bits per heavy atom. The zero-order valence-corrected chi connectivity index (χ0v) is 15.7. The number of aromatic nitrogens is 3. The van der Waals surface area contributed by atoms with Crippen LogP contribution in [0.2, 0.25) is 0 Å². The lowest BCUT2D eigenvalue weighted by molar-refractivity contribution is 0.768. The summed E-state index contributed by atoms with van der Waals surface area (Å²) in [6.45, 7) is 6.26. The normalized spacial score (nSPS) is 11.9.